The van der Waals surface area contributed by atoms with Gasteiger partial charge in [-0.25, -0.2) is 4.39 Å². The van der Waals surface area contributed by atoms with Gasteiger partial charge in [-0.3, -0.25) is 9.59 Å². The van der Waals surface area contributed by atoms with Crippen LogP contribution < -0.4 is 15.1 Å². The first kappa shape index (κ1) is 20.7. The molecule has 1 saturated heterocycles. The number of likely N-dealkylation sites (tertiary alicyclic amines) is 1. The van der Waals surface area contributed by atoms with Crippen LogP contribution in [0.2, 0.25) is 0 Å². The maximum atomic E-state index is 15.3. The van der Waals surface area contributed by atoms with Gasteiger partial charge in [0.2, 0.25) is 5.43 Å². The lowest BCUT2D eigenvalue weighted by atomic mass is 10.0. The third kappa shape index (κ3) is 2.93. The van der Waals surface area contributed by atoms with Gasteiger partial charge in [-0.1, -0.05) is 30.3 Å². The van der Waals surface area contributed by atoms with Gasteiger partial charge in [0.1, 0.15) is 16.8 Å². The zero-order valence-corrected chi connectivity index (χ0v) is 19.1. The van der Waals surface area contributed by atoms with E-state index in [4.69, 9.17) is 4.74 Å². The molecule has 0 N–H and O–H groups in total. The van der Waals surface area contributed by atoms with Crippen LogP contribution in [0.4, 0.5) is 10.1 Å². The molecule has 0 radical (unpaired) electrons. The Kier molecular flexibility index (Phi) is 4.62. The number of carbonyl (C=O) groups is 1. The van der Waals surface area contributed by atoms with Crippen molar-refractivity contribution in [1.82, 2.24) is 9.47 Å². The normalized spacial score (nSPS) is 14.7. The maximum Gasteiger partial charge on any atom is 0.259 e. The molecule has 3 aromatic carbocycles. The van der Waals surface area contributed by atoms with Crippen molar-refractivity contribution in [2.45, 2.75) is 19.3 Å². The lowest BCUT2D eigenvalue weighted by molar-refractivity contribution is 0.0722. The summed E-state index contributed by atoms with van der Waals surface area (Å²) in [6.07, 6.45) is 4.53. The Morgan fingerprint density at radius 3 is 2.56 bits per heavy atom. The van der Waals surface area contributed by atoms with Gasteiger partial charge in [-0.15, -0.1) is 0 Å². The van der Waals surface area contributed by atoms with Crippen molar-refractivity contribution in [2.24, 2.45) is 0 Å². The third-order valence-corrected chi connectivity index (χ3v) is 6.81. The Labute approximate surface area is 195 Å². The fourth-order valence-electron chi connectivity index (χ4n) is 5.20. The van der Waals surface area contributed by atoms with Crippen molar-refractivity contribution in [3.05, 3.63) is 70.3 Å². The van der Waals surface area contributed by atoms with Crippen LogP contribution in [-0.4, -0.2) is 42.6 Å². The van der Waals surface area contributed by atoms with Gasteiger partial charge in [0, 0.05) is 38.8 Å². The van der Waals surface area contributed by atoms with E-state index in [0.29, 0.717) is 24.4 Å². The van der Waals surface area contributed by atoms with E-state index < -0.39 is 11.2 Å². The number of ether oxygens (including phenoxy) is 1. The summed E-state index contributed by atoms with van der Waals surface area (Å²) in [5.41, 5.74) is 1.04. The van der Waals surface area contributed by atoms with Crippen LogP contribution in [0.25, 0.3) is 27.4 Å². The number of carbonyl (C=O) groups excluding carboxylic acids is 1. The van der Waals surface area contributed by atoms with Gasteiger partial charge in [0.15, 0.2) is 17.3 Å². The number of hydrogen-bond donors (Lipinski definition) is 0. The average Bonchev–Trinajstić information content (AvgIpc) is 2.85. The summed E-state index contributed by atoms with van der Waals surface area (Å²) in [6, 6.07) is 12.9. The number of piperidine rings is 1. The molecule has 6 rings (SSSR count). The number of aromatic nitrogens is 1. The predicted molar refractivity (Wildman–Crippen MR) is 131 cm³/mol. The molecular formula is C27H24FN3O3. The number of benzene rings is 3. The Hall–Kier alpha value is -3.87. The first-order valence-electron chi connectivity index (χ1n) is 11.5. The number of fused-ring (bicyclic) bond motifs is 4. The summed E-state index contributed by atoms with van der Waals surface area (Å²) < 4.78 is 23.4. The molecule has 0 bridgehead atoms. The van der Waals surface area contributed by atoms with Crippen molar-refractivity contribution >= 4 is 33.3 Å². The second kappa shape index (κ2) is 7.58. The van der Waals surface area contributed by atoms with Crippen molar-refractivity contribution in [3.63, 3.8) is 0 Å². The van der Waals surface area contributed by atoms with Gasteiger partial charge < -0.3 is 19.1 Å². The molecule has 0 saturated carbocycles. The Morgan fingerprint density at radius 1 is 1.03 bits per heavy atom. The maximum absolute atomic E-state index is 15.3. The molecule has 7 heteroatoms. The molecule has 1 amide bonds. The monoisotopic (exact) mass is 457 g/mol. The number of rotatable bonds is 2. The molecular weight excluding hydrogens is 433 g/mol. The van der Waals surface area contributed by atoms with Crippen molar-refractivity contribution in [1.29, 1.82) is 0 Å². The number of amides is 1. The van der Waals surface area contributed by atoms with Gasteiger partial charge in [-0.2, -0.15) is 0 Å². The Balaban J connectivity index is 1.73. The van der Waals surface area contributed by atoms with Crippen LogP contribution in [0, 0.1) is 5.82 Å². The molecule has 3 heterocycles. The number of halogens is 1. The van der Waals surface area contributed by atoms with E-state index in [0.717, 1.165) is 35.7 Å². The van der Waals surface area contributed by atoms with Crippen molar-refractivity contribution in [2.75, 3.05) is 32.1 Å². The van der Waals surface area contributed by atoms with E-state index in [-0.39, 0.29) is 28.3 Å². The molecule has 172 valence electrons. The lowest BCUT2D eigenvalue weighted by Crippen LogP contribution is -2.38. The number of anilines is 1. The number of nitrogens with zero attached hydrogens (tertiary/aromatic N) is 3. The molecule has 0 spiro atoms. The second-order valence-corrected chi connectivity index (χ2v) is 9.16. The van der Waals surface area contributed by atoms with E-state index in [1.54, 1.807) is 30.1 Å². The van der Waals surface area contributed by atoms with Gasteiger partial charge in [0.05, 0.1) is 11.1 Å². The molecule has 34 heavy (non-hydrogen) atoms. The van der Waals surface area contributed by atoms with Gasteiger partial charge in [0.25, 0.3) is 5.91 Å². The summed E-state index contributed by atoms with van der Waals surface area (Å²) in [6.45, 7) is 1.25. The van der Waals surface area contributed by atoms with E-state index in [9.17, 15) is 9.59 Å². The largest absolute Gasteiger partial charge is 0.451 e. The SMILES string of the molecule is CN(C)c1c(F)cc2c(=O)c(C(=O)N3CCCCC3)cn3c2c1Oc1ccc2ccccc2c1-3. The Morgan fingerprint density at radius 2 is 1.79 bits per heavy atom. The highest BCUT2D eigenvalue weighted by molar-refractivity contribution is 6.04. The predicted octanol–water partition coefficient (Wildman–Crippen LogP) is 5.08. The standard InChI is InChI=1S/C27H24FN3O3/c1-29(2)24-20(28)14-18-23-26(24)34-21-11-10-16-8-4-5-9-17(16)22(21)31(23)15-19(25(18)32)27(33)30-12-6-3-7-13-30/h4-5,8-11,14-15H,3,6-7,12-13H2,1-2H3. The number of hydrogen-bond acceptors (Lipinski definition) is 4. The summed E-state index contributed by atoms with van der Waals surface area (Å²) >= 11 is 0. The molecule has 0 atom stereocenters. The van der Waals surface area contributed by atoms with Crippen LogP contribution in [0.5, 0.6) is 11.5 Å². The smallest absolute Gasteiger partial charge is 0.259 e. The van der Waals surface area contributed by atoms with E-state index in [1.165, 1.54) is 6.07 Å². The summed E-state index contributed by atoms with van der Waals surface area (Å²) in [4.78, 5) is 30.4. The van der Waals surface area contributed by atoms with E-state index in [2.05, 4.69) is 0 Å². The first-order valence-corrected chi connectivity index (χ1v) is 11.5. The molecule has 4 aromatic rings. The first-order chi connectivity index (χ1) is 16.5. The minimum atomic E-state index is -0.567. The van der Waals surface area contributed by atoms with Crippen LogP contribution in [-0.2, 0) is 0 Å². The third-order valence-electron chi connectivity index (χ3n) is 6.81. The topological polar surface area (TPSA) is 54.8 Å². The molecule has 0 unspecified atom stereocenters. The fourth-order valence-corrected chi connectivity index (χ4v) is 5.20. The minimum absolute atomic E-state index is 0.0538. The summed E-state index contributed by atoms with van der Waals surface area (Å²) in [5.74, 6) is -0.0525. The summed E-state index contributed by atoms with van der Waals surface area (Å²) in [7, 11) is 3.47. The molecule has 1 aromatic heterocycles. The van der Waals surface area contributed by atoms with Gasteiger partial charge in [-0.05, 0) is 36.8 Å². The molecule has 0 aliphatic carbocycles. The van der Waals surface area contributed by atoms with E-state index in [1.807, 2.05) is 41.0 Å². The molecule has 2 aliphatic rings. The highest BCUT2D eigenvalue weighted by atomic mass is 19.1. The number of pyridine rings is 1. The van der Waals surface area contributed by atoms with E-state index >= 15 is 4.39 Å². The molecule has 1 fully saturated rings. The Bertz CT molecular complexity index is 1550. The van der Waals surface area contributed by atoms with Gasteiger partial charge >= 0.3 is 0 Å². The second-order valence-electron chi connectivity index (χ2n) is 9.16. The average molecular weight is 458 g/mol. The van der Waals surface area contributed by atoms with Crippen LogP contribution in [0.3, 0.4) is 0 Å². The minimum Gasteiger partial charge on any atom is -0.451 e. The van der Waals surface area contributed by atoms with Crippen LogP contribution in [0.1, 0.15) is 29.6 Å². The quantitative estimate of drug-likeness (QED) is 0.371. The lowest BCUT2D eigenvalue weighted by Gasteiger charge is -2.30. The fraction of sp³-hybridized carbons (Fsp3) is 0.259. The van der Waals surface area contributed by atoms with Crippen molar-refractivity contribution in [3.8, 4) is 17.2 Å². The molecule has 6 nitrogen and oxygen atoms in total. The molecule has 2 aliphatic heterocycles. The van der Waals surface area contributed by atoms with Crippen molar-refractivity contribution < 1.29 is 13.9 Å². The zero-order chi connectivity index (χ0) is 23.6. The highest BCUT2D eigenvalue weighted by Gasteiger charge is 2.31. The van der Waals surface area contributed by atoms with Crippen LogP contribution >= 0.6 is 0 Å². The zero-order valence-electron chi connectivity index (χ0n) is 19.1. The summed E-state index contributed by atoms with van der Waals surface area (Å²) in [5, 5.41) is 2.06. The highest BCUT2D eigenvalue weighted by Crippen LogP contribution is 2.47. The van der Waals surface area contributed by atoms with Crippen LogP contribution in [0.15, 0.2) is 53.5 Å².